The molecule has 4 aromatic rings. The predicted molar refractivity (Wildman–Crippen MR) is 112 cm³/mol. The van der Waals surface area contributed by atoms with E-state index in [9.17, 15) is 4.79 Å². The first kappa shape index (κ1) is 18.9. The number of carbonyl (C=O) groups excluding carboxylic acids is 1. The van der Waals surface area contributed by atoms with Crippen molar-refractivity contribution < 1.29 is 4.79 Å². The molecule has 1 amide bonds. The molecule has 0 bridgehead atoms. The number of carbonyl (C=O) groups is 1. The first-order chi connectivity index (χ1) is 14.1. The second-order valence-corrected chi connectivity index (χ2v) is 7.75. The lowest BCUT2D eigenvalue weighted by atomic mass is 10.1. The van der Waals surface area contributed by atoms with E-state index in [1.165, 1.54) is 0 Å². The molecule has 146 valence electrons. The van der Waals surface area contributed by atoms with Crippen molar-refractivity contribution in [3.63, 3.8) is 0 Å². The number of rotatable bonds is 7. The van der Waals surface area contributed by atoms with E-state index < -0.39 is 0 Å². The van der Waals surface area contributed by atoms with Crippen LogP contribution < -0.4 is 5.32 Å². The number of aromatic nitrogens is 6. The number of thioether (sulfide) groups is 1. The van der Waals surface area contributed by atoms with E-state index in [4.69, 9.17) is 0 Å². The Morgan fingerprint density at radius 3 is 2.72 bits per heavy atom. The highest BCUT2D eigenvalue weighted by molar-refractivity contribution is 7.99. The zero-order valence-electron chi connectivity index (χ0n) is 15.9. The van der Waals surface area contributed by atoms with Gasteiger partial charge in [-0.1, -0.05) is 36.0 Å². The number of aryl methyl sites for hydroxylation is 1. The van der Waals surface area contributed by atoms with Crippen LogP contribution in [0.3, 0.4) is 0 Å². The molecular weight excluding hydrogens is 386 g/mol. The Morgan fingerprint density at radius 2 is 2.00 bits per heavy atom. The van der Waals surface area contributed by atoms with Gasteiger partial charge < -0.3 is 9.88 Å². The minimum atomic E-state index is 0.200. The molecule has 2 heterocycles. The van der Waals surface area contributed by atoms with Crippen LogP contribution in [0.1, 0.15) is 17.7 Å². The highest BCUT2D eigenvalue weighted by Gasteiger charge is 2.13. The summed E-state index contributed by atoms with van der Waals surface area (Å²) < 4.78 is 1.91. The molecule has 4 rings (SSSR count). The van der Waals surface area contributed by atoms with E-state index in [1.54, 1.807) is 29.1 Å². The van der Waals surface area contributed by atoms with Crippen molar-refractivity contribution in [3.05, 3.63) is 66.6 Å². The monoisotopic (exact) mass is 405 g/mol. The lowest BCUT2D eigenvalue weighted by Gasteiger charge is -2.12. The quantitative estimate of drug-likeness (QED) is 0.374. The molecule has 8 nitrogen and oxygen atoms in total. The summed E-state index contributed by atoms with van der Waals surface area (Å²) in [5, 5.41) is 20.8. The summed E-state index contributed by atoms with van der Waals surface area (Å²) in [7, 11) is 1.93. The molecule has 2 aromatic carbocycles. The topological polar surface area (TPSA) is 90.5 Å². The van der Waals surface area contributed by atoms with Gasteiger partial charge in [0.15, 0.2) is 5.16 Å². The average Bonchev–Trinajstić information content (AvgIpc) is 3.39. The largest absolute Gasteiger partial charge is 0.329 e. The van der Waals surface area contributed by atoms with Gasteiger partial charge in [0.2, 0.25) is 6.41 Å². The molecule has 0 spiro atoms. The van der Waals surface area contributed by atoms with Crippen molar-refractivity contribution in [3.8, 4) is 16.9 Å². The summed E-state index contributed by atoms with van der Waals surface area (Å²) in [4.78, 5) is 12.1. The van der Waals surface area contributed by atoms with Crippen LogP contribution in [-0.2, 0) is 11.8 Å². The summed E-state index contributed by atoms with van der Waals surface area (Å²) in [6.45, 7) is 2.13. The maximum absolute atomic E-state index is 10.5. The third-order valence-corrected chi connectivity index (χ3v) is 5.63. The Bertz CT molecular complexity index is 1120. The van der Waals surface area contributed by atoms with Crippen molar-refractivity contribution in [2.75, 3.05) is 5.32 Å². The molecule has 0 saturated carbocycles. The van der Waals surface area contributed by atoms with Crippen LogP contribution in [0, 0.1) is 0 Å². The van der Waals surface area contributed by atoms with Gasteiger partial charge in [0.1, 0.15) is 12.0 Å². The number of anilines is 1. The molecule has 0 aliphatic carbocycles. The molecule has 0 radical (unpaired) electrons. The van der Waals surface area contributed by atoms with E-state index in [2.05, 4.69) is 44.8 Å². The molecule has 9 heteroatoms. The zero-order valence-corrected chi connectivity index (χ0v) is 16.7. The van der Waals surface area contributed by atoms with Gasteiger partial charge in [-0.25, -0.2) is 0 Å². The summed E-state index contributed by atoms with van der Waals surface area (Å²) in [5.74, 6) is 0. The Morgan fingerprint density at radius 1 is 1.17 bits per heavy atom. The molecule has 29 heavy (non-hydrogen) atoms. The first-order valence-electron chi connectivity index (χ1n) is 8.98. The average molecular weight is 405 g/mol. The lowest BCUT2D eigenvalue weighted by Crippen LogP contribution is -2.01. The number of nitrogens with one attached hydrogen (secondary N) is 1. The molecular formula is C20H19N7OS. The normalized spacial score (nSPS) is 11.9. The van der Waals surface area contributed by atoms with Crippen LogP contribution in [0.2, 0.25) is 0 Å². The fourth-order valence-electron chi connectivity index (χ4n) is 2.83. The van der Waals surface area contributed by atoms with E-state index in [1.807, 2.05) is 48.0 Å². The third-order valence-electron chi connectivity index (χ3n) is 4.42. The minimum Gasteiger partial charge on any atom is -0.329 e. The van der Waals surface area contributed by atoms with Gasteiger partial charge in [-0.3, -0.25) is 4.79 Å². The summed E-state index contributed by atoms with van der Waals surface area (Å²) in [5.41, 5.74) is 4.46. The molecule has 1 atom stereocenters. The van der Waals surface area contributed by atoms with E-state index in [-0.39, 0.29) is 5.25 Å². The standard InChI is InChI=1S/C20H19N7OS/c1-14(29-20-24-22-12-26(20)2)16-4-3-5-18(10-16)27-23-11-19(25-27)15-6-8-17(9-7-15)21-13-28/h3-14H,1-2H3,(H,21,28)/t14-/m0/s1. The van der Waals surface area contributed by atoms with Gasteiger partial charge in [-0.15, -0.1) is 15.3 Å². The van der Waals surface area contributed by atoms with E-state index >= 15 is 0 Å². The second kappa shape index (κ2) is 8.27. The van der Waals surface area contributed by atoms with Crippen LogP contribution in [-0.4, -0.2) is 36.2 Å². The number of benzene rings is 2. The molecule has 0 saturated heterocycles. The number of nitrogens with zero attached hydrogens (tertiary/aromatic N) is 6. The molecule has 0 aliphatic rings. The van der Waals surface area contributed by atoms with Gasteiger partial charge in [0.05, 0.1) is 11.9 Å². The third kappa shape index (κ3) is 4.19. The van der Waals surface area contributed by atoms with Crippen molar-refractivity contribution in [2.24, 2.45) is 7.05 Å². The van der Waals surface area contributed by atoms with Crippen LogP contribution in [0.25, 0.3) is 16.9 Å². The van der Waals surface area contributed by atoms with Crippen LogP contribution in [0.5, 0.6) is 0 Å². The molecule has 2 aromatic heterocycles. The summed E-state index contributed by atoms with van der Waals surface area (Å²) in [6.07, 6.45) is 4.08. The Labute approximate surface area is 172 Å². The van der Waals surface area contributed by atoms with Crippen molar-refractivity contribution >= 4 is 23.9 Å². The first-order valence-corrected chi connectivity index (χ1v) is 9.86. The Kier molecular flexibility index (Phi) is 5.39. The van der Waals surface area contributed by atoms with E-state index in [0.717, 1.165) is 33.4 Å². The highest BCUT2D eigenvalue weighted by Crippen LogP contribution is 2.33. The van der Waals surface area contributed by atoms with E-state index in [0.29, 0.717) is 6.41 Å². The molecule has 0 unspecified atom stereocenters. The number of hydrogen-bond acceptors (Lipinski definition) is 6. The Hall–Kier alpha value is -3.46. The zero-order chi connectivity index (χ0) is 20.2. The maximum atomic E-state index is 10.5. The highest BCUT2D eigenvalue weighted by atomic mass is 32.2. The number of amides is 1. The van der Waals surface area contributed by atoms with Crippen molar-refractivity contribution in [1.29, 1.82) is 0 Å². The number of hydrogen-bond donors (Lipinski definition) is 1. The molecule has 0 fully saturated rings. The van der Waals surface area contributed by atoms with Gasteiger partial charge in [-0.2, -0.15) is 9.90 Å². The lowest BCUT2D eigenvalue weighted by molar-refractivity contribution is -0.105. The fourth-order valence-corrected chi connectivity index (χ4v) is 3.74. The van der Waals surface area contributed by atoms with Crippen molar-refractivity contribution in [1.82, 2.24) is 29.8 Å². The SMILES string of the molecule is C[C@H](Sc1nncn1C)c1cccc(-n2ncc(-c3ccc(NC=O)cc3)n2)c1. The fraction of sp³-hybridized carbons (Fsp3) is 0.150. The summed E-state index contributed by atoms with van der Waals surface area (Å²) >= 11 is 1.65. The minimum absolute atomic E-state index is 0.200. The van der Waals surface area contributed by atoms with Crippen LogP contribution >= 0.6 is 11.8 Å². The maximum Gasteiger partial charge on any atom is 0.211 e. The predicted octanol–water partition coefficient (Wildman–Crippen LogP) is 3.48. The Balaban J connectivity index is 1.54. The van der Waals surface area contributed by atoms with Crippen molar-refractivity contribution in [2.45, 2.75) is 17.3 Å². The van der Waals surface area contributed by atoms with Crippen LogP contribution in [0.4, 0.5) is 5.69 Å². The van der Waals surface area contributed by atoms with Gasteiger partial charge in [0, 0.05) is 23.5 Å². The second-order valence-electron chi connectivity index (χ2n) is 6.44. The molecule has 1 N–H and O–H groups in total. The summed E-state index contributed by atoms with van der Waals surface area (Å²) in [6, 6.07) is 15.6. The van der Waals surface area contributed by atoms with Gasteiger partial charge in [0.25, 0.3) is 0 Å². The molecule has 0 aliphatic heterocycles. The van der Waals surface area contributed by atoms with Gasteiger partial charge in [-0.05, 0) is 36.8 Å². The van der Waals surface area contributed by atoms with Gasteiger partial charge >= 0.3 is 0 Å². The smallest absolute Gasteiger partial charge is 0.211 e. The van der Waals surface area contributed by atoms with Crippen LogP contribution in [0.15, 0.2) is 66.2 Å².